The molecule has 0 N–H and O–H groups in total. The molecule has 0 aliphatic rings. The van der Waals surface area contributed by atoms with Gasteiger partial charge in [-0.2, -0.15) is 0 Å². The van der Waals surface area contributed by atoms with Crippen molar-refractivity contribution in [2.24, 2.45) is 0 Å². The zero-order valence-corrected chi connectivity index (χ0v) is 10.6. The summed E-state index contributed by atoms with van der Waals surface area (Å²) in [7, 11) is 0. The van der Waals surface area contributed by atoms with E-state index in [4.69, 9.17) is 0 Å². The predicted molar refractivity (Wildman–Crippen MR) is 24.2 cm³/mol. The Morgan fingerprint density at radius 1 is 1.00 bits per heavy atom. The molecule has 0 aliphatic carbocycles. The van der Waals surface area contributed by atoms with Crippen molar-refractivity contribution in [2.45, 2.75) is 0 Å². The van der Waals surface area contributed by atoms with E-state index in [2.05, 4.69) is 0 Å². The van der Waals surface area contributed by atoms with Crippen LogP contribution in [0, 0.1) is 0 Å². The first-order valence-electron chi connectivity index (χ1n) is 0. The van der Waals surface area contributed by atoms with Crippen molar-refractivity contribution in [1.82, 2.24) is 0 Å². The summed E-state index contributed by atoms with van der Waals surface area (Å²) < 4.78 is 0. The zero-order valence-electron chi connectivity index (χ0n) is 2.86. The average molecular weight is 172 g/mol. The molecule has 0 heterocycles. The van der Waals surface area contributed by atoms with Crippen LogP contribution in [0.15, 0.2) is 0 Å². The molecule has 13 valence electrons. The summed E-state index contributed by atoms with van der Waals surface area (Å²) in [5, 5.41) is 0. The standard InChI is InChI=1S/K.Na.P.Se. The summed E-state index contributed by atoms with van der Waals surface area (Å²) in [6.07, 6.45) is 0. The Balaban J connectivity index is 0. The van der Waals surface area contributed by atoms with Crippen LogP contribution in [0.1, 0.15) is 0 Å². The number of hydrogen-bond acceptors (Lipinski definition) is 0. The topological polar surface area (TPSA) is 0 Å². The summed E-state index contributed by atoms with van der Waals surface area (Å²) in [6.45, 7) is 0. The summed E-state index contributed by atoms with van der Waals surface area (Å²) in [5.74, 6) is 0. The van der Waals surface area contributed by atoms with Gasteiger partial charge >= 0.3 is 0 Å². The van der Waals surface area contributed by atoms with Gasteiger partial charge in [0.1, 0.15) is 0 Å². The van der Waals surface area contributed by atoms with Crippen molar-refractivity contribution in [3.05, 3.63) is 0 Å². The van der Waals surface area contributed by atoms with Gasteiger partial charge in [-0.3, -0.25) is 0 Å². The molecular formula is KNaPSe. The van der Waals surface area contributed by atoms with E-state index in [0.717, 1.165) is 0 Å². The Morgan fingerprint density at radius 2 is 1.00 bits per heavy atom. The number of hydrogen-bond donors (Lipinski definition) is 0. The van der Waals surface area contributed by atoms with Gasteiger partial charge in [-0.25, -0.2) is 0 Å². The van der Waals surface area contributed by atoms with Crippen LogP contribution in [0.2, 0.25) is 0 Å². The Bertz CT molecular complexity index is 8.00. The van der Waals surface area contributed by atoms with Gasteiger partial charge in [0, 0.05) is 108 Å². The van der Waals surface area contributed by atoms with Crippen molar-refractivity contribution in [1.29, 1.82) is 0 Å². The molecule has 0 aromatic carbocycles. The van der Waals surface area contributed by atoms with Gasteiger partial charge in [-0.1, -0.05) is 0 Å². The fourth-order valence-corrected chi connectivity index (χ4v) is 0. The molecule has 0 rings (SSSR count). The summed E-state index contributed by atoms with van der Waals surface area (Å²) in [6, 6.07) is 0. The summed E-state index contributed by atoms with van der Waals surface area (Å²) >= 11 is 0. The van der Waals surface area contributed by atoms with Gasteiger partial charge in [0.15, 0.2) is 0 Å². The molecule has 0 amide bonds. The van der Waals surface area contributed by atoms with Crippen LogP contribution in [0.25, 0.3) is 0 Å². The van der Waals surface area contributed by atoms with Crippen LogP contribution in [0.4, 0.5) is 0 Å². The largest absolute Gasteiger partial charge is 0 e. The molecule has 0 unspecified atom stereocenters. The summed E-state index contributed by atoms with van der Waals surface area (Å²) in [4.78, 5) is 0. The first kappa shape index (κ1) is 25.6. The van der Waals surface area contributed by atoms with Gasteiger partial charge in [0.25, 0.3) is 0 Å². The molecule has 0 nitrogen and oxygen atoms in total. The molecule has 0 aromatic heterocycles. The van der Waals surface area contributed by atoms with E-state index >= 15 is 0 Å². The maximum absolute atomic E-state index is 0. The molecule has 4 heavy (non-hydrogen) atoms. The SMILES string of the molecule is [K].[Na].[P].[Se]. The Hall–Kier alpha value is 3.59. The molecule has 0 aliphatic heterocycles. The van der Waals surface area contributed by atoms with Crippen molar-refractivity contribution in [3.63, 3.8) is 0 Å². The molecule has 0 spiro atoms. The van der Waals surface area contributed by atoms with Gasteiger partial charge < -0.3 is 0 Å². The smallest absolute Gasteiger partial charge is 0 e. The molecule has 7 radical (unpaired) electrons. The van der Waals surface area contributed by atoms with Crippen molar-refractivity contribution in [3.8, 4) is 0 Å². The van der Waals surface area contributed by atoms with Crippen LogP contribution >= 0.6 is 9.90 Å². The molecule has 0 saturated heterocycles. The maximum atomic E-state index is 0. The minimum atomic E-state index is 0. The van der Waals surface area contributed by atoms with Crippen LogP contribution in [-0.4, -0.2) is 98.0 Å². The monoisotopic (exact) mass is 173 g/mol. The summed E-state index contributed by atoms with van der Waals surface area (Å²) in [5.41, 5.74) is 0. The van der Waals surface area contributed by atoms with Crippen LogP contribution in [0.3, 0.4) is 0 Å². The van der Waals surface area contributed by atoms with E-state index in [9.17, 15) is 0 Å². The maximum Gasteiger partial charge on any atom is 0 e. The van der Waals surface area contributed by atoms with E-state index < -0.39 is 0 Å². The second-order valence-corrected chi connectivity index (χ2v) is 0. The predicted octanol–water partition coefficient (Wildman–Crippen LogP) is -0.281. The second-order valence-electron chi connectivity index (χ2n) is 0. The molecule has 0 fully saturated rings. The molecule has 4 heteroatoms. The number of rotatable bonds is 0. The van der Waals surface area contributed by atoms with E-state index in [-0.39, 0.29) is 108 Å². The molecule has 0 atom stereocenters. The quantitative estimate of drug-likeness (QED) is 0.348. The molecule has 0 saturated carbocycles. The van der Waals surface area contributed by atoms with E-state index in [1.54, 1.807) is 0 Å². The van der Waals surface area contributed by atoms with Gasteiger partial charge in [0.2, 0.25) is 0 Å². The van der Waals surface area contributed by atoms with Crippen molar-refractivity contribution in [2.75, 3.05) is 0 Å². The fraction of sp³-hybridized carbons (Fsp3) is 0. The van der Waals surface area contributed by atoms with E-state index in [0.29, 0.717) is 0 Å². The second kappa shape index (κ2) is 16.0. The molecule has 0 aromatic rings. The van der Waals surface area contributed by atoms with Gasteiger partial charge in [-0.05, 0) is 0 Å². The van der Waals surface area contributed by atoms with Gasteiger partial charge in [0.05, 0.1) is 0 Å². The first-order chi connectivity index (χ1) is 0. The third kappa shape index (κ3) is 9.14. The van der Waals surface area contributed by atoms with Crippen molar-refractivity contribution < 1.29 is 0 Å². The van der Waals surface area contributed by atoms with Crippen LogP contribution in [0.5, 0.6) is 0 Å². The van der Waals surface area contributed by atoms with Crippen molar-refractivity contribution >= 4 is 108 Å². The Morgan fingerprint density at radius 3 is 1.00 bits per heavy atom. The third-order valence-electron chi connectivity index (χ3n) is 0. The zero-order chi connectivity index (χ0) is 0. The van der Waals surface area contributed by atoms with Crippen LogP contribution in [-0.2, 0) is 0 Å². The Labute approximate surface area is 105 Å². The first-order valence-corrected chi connectivity index (χ1v) is 0. The minimum Gasteiger partial charge on any atom is 0 e. The average Bonchev–Trinajstić information content (AvgIpc) is 0. The normalized spacial score (nSPS) is 0. The van der Waals surface area contributed by atoms with E-state index in [1.165, 1.54) is 0 Å². The van der Waals surface area contributed by atoms with Gasteiger partial charge in [-0.15, -0.1) is 0 Å². The van der Waals surface area contributed by atoms with E-state index in [1.807, 2.05) is 0 Å². The third-order valence-corrected chi connectivity index (χ3v) is 0. The molecular weight excluding hydrogens is 172 g/mol. The molecule has 0 bridgehead atoms. The minimum absolute atomic E-state index is 0. The fourth-order valence-electron chi connectivity index (χ4n) is 0. The van der Waals surface area contributed by atoms with Crippen LogP contribution < -0.4 is 0 Å². The Kier molecular flexibility index (Phi) is 102.